The topological polar surface area (TPSA) is 78.2 Å². The summed E-state index contributed by atoms with van der Waals surface area (Å²) in [4.78, 5) is 15.3. The van der Waals surface area contributed by atoms with E-state index in [1.165, 1.54) is 0 Å². The zero-order valence-corrected chi connectivity index (χ0v) is 13.7. The molecule has 7 heteroatoms. The van der Waals surface area contributed by atoms with E-state index in [2.05, 4.69) is 21.2 Å². The minimum atomic E-state index is -0.276. The molecule has 0 spiro atoms. The minimum absolute atomic E-state index is 0.274. The van der Waals surface area contributed by atoms with E-state index in [0.29, 0.717) is 11.3 Å². The Kier molecular flexibility index (Phi) is 4.62. The molecule has 0 aliphatic heterocycles. The fraction of sp³-hybridized carbons (Fsp3) is 0.0588. The normalized spacial score (nSPS) is 10.2. The second kappa shape index (κ2) is 7.01. The summed E-state index contributed by atoms with van der Waals surface area (Å²) in [6.45, 7) is 0. The first-order valence-electron chi connectivity index (χ1n) is 7.25. The number of carbonyl (C=O) groups is 1. The number of methoxy groups -OCH3 is 1. The van der Waals surface area contributed by atoms with Crippen LogP contribution in [0.3, 0.4) is 0 Å². The van der Waals surface area contributed by atoms with Crippen LogP contribution in [0.1, 0.15) is 10.4 Å². The molecule has 0 radical (unpaired) electrons. The number of H-pyrrole nitrogens is 1. The summed E-state index contributed by atoms with van der Waals surface area (Å²) in [6.07, 6.45) is 1.67. The maximum absolute atomic E-state index is 12.3. The van der Waals surface area contributed by atoms with Crippen molar-refractivity contribution < 1.29 is 9.53 Å². The largest absolute Gasteiger partial charge is 0.497 e. The van der Waals surface area contributed by atoms with Crippen LogP contribution in [0.2, 0.25) is 0 Å². The predicted molar refractivity (Wildman–Crippen MR) is 98.1 cm³/mol. The lowest BCUT2D eigenvalue weighted by Gasteiger charge is -2.12. The quantitative estimate of drug-likeness (QED) is 0.436. The van der Waals surface area contributed by atoms with Gasteiger partial charge in [0.1, 0.15) is 5.75 Å². The van der Waals surface area contributed by atoms with Gasteiger partial charge < -0.3 is 15.0 Å². The number of nitrogens with one attached hydrogen (secondary N) is 4. The molecule has 1 heterocycles. The molecule has 2 aromatic carbocycles. The lowest BCUT2D eigenvalue weighted by molar-refractivity contribution is 0.0946. The highest BCUT2D eigenvalue weighted by Gasteiger charge is 2.11. The van der Waals surface area contributed by atoms with Gasteiger partial charge in [-0.05, 0) is 30.4 Å². The lowest BCUT2D eigenvalue weighted by Crippen LogP contribution is -2.43. The third-order valence-electron chi connectivity index (χ3n) is 3.45. The van der Waals surface area contributed by atoms with E-state index in [0.717, 1.165) is 16.6 Å². The Morgan fingerprint density at radius 3 is 2.79 bits per heavy atom. The fourth-order valence-corrected chi connectivity index (χ4v) is 2.47. The summed E-state index contributed by atoms with van der Waals surface area (Å²) >= 11 is 5.17. The van der Waals surface area contributed by atoms with Gasteiger partial charge in [-0.1, -0.05) is 24.3 Å². The SMILES string of the molecule is COc1cccc(NC(=S)NNC(=O)c2c[nH]c3ccccc23)c1. The van der Waals surface area contributed by atoms with Gasteiger partial charge in [-0.15, -0.1) is 0 Å². The van der Waals surface area contributed by atoms with E-state index in [1.807, 2.05) is 42.5 Å². The minimum Gasteiger partial charge on any atom is -0.497 e. The van der Waals surface area contributed by atoms with Crippen molar-refractivity contribution in [3.05, 3.63) is 60.3 Å². The molecule has 4 N–H and O–H groups in total. The number of rotatable bonds is 3. The van der Waals surface area contributed by atoms with Gasteiger partial charge in [0.2, 0.25) is 0 Å². The number of hydrogen-bond acceptors (Lipinski definition) is 3. The number of amides is 1. The van der Waals surface area contributed by atoms with E-state index < -0.39 is 0 Å². The zero-order chi connectivity index (χ0) is 16.9. The van der Waals surface area contributed by atoms with E-state index in [4.69, 9.17) is 17.0 Å². The Hall–Kier alpha value is -3.06. The maximum atomic E-state index is 12.3. The van der Waals surface area contributed by atoms with Gasteiger partial charge in [0, 0.05) is 28.9 Å². The van der Waals surface area contributed by atoms with Crippen LogP contribution in [0.5, 0.6) is 5.75 Å². The van der Waals surface area contributed by atoms with Crippen LogP contribution >= 0.6 is 12.2 Å². The van der Waals surface area contributed by atoms with Crippen molar-refractivity contribution in [3.8, 4) is 5.75 Å². The van der Waals surface area contributed by atoms with Crippen LogP contribution in [0, 0.1) is 0 Å². The Balaban J connectivity index is 1.60. The molecule has 0 atom stereocenters. The molecule has 122 valence electrons. The standard InChI is InChI=1S/C17H16N4O2S/c1-23-12-6-4-5-11(9-12)19-17(24)21-20-16(22)14-10-18-15-8-3-2-7-13(14)15/h2-10,18H,1H3,(H,20,22)(H2,19,21,24). The Morgan fingerprint density at radius 1 is 1.12 bits per heavy atom. The highest BCUT2D eigenvalue weighted by Crippen LogP contribution is 2.17. The van der Waals surface area contributed by atoms with Crippen molar-refractivity contribution in [2.75, 3.05) is 12.4 Å². The predicted octanol–water partition coefficient (Wildman–Crippen LogP) is 2.81. The number of hydrazine groups is 1. The monoisotopic (exact) mass is 340 g/mol. The zero-order valence-electron chi connectivity index (χ0n) is 12.9. The molecule has 0 aliphatic carbocycles. The number of aromatic amines is 1. The fourth-order valence-electron chi connectivity index (χ4n) is 2.30. The van der Waals surface area contributed by atoms with Crippen molar-refractivity contribution in [2.45, 2.75) is 0 Å². The number of ether oxygens (including phenoxy) is 1. The molecule has 1 amide bonds. The van der Waals surface area contributed by atoms with Gasteiger partial charge in [-0.2, -0.15) is 0 Å². The van der Waals surface area contributed by atoms with E-state index in [9.17, 15) is 4.79 Å². The number of aromatic nitrogens is 1. The van der Waals surface area contributed by atoms with Crippen LogP contribution in [-0.2, 0) is 0 Å². The molecular formula is C17H16N4O2S. The van der Waals surface area contributed by atoms with Gasteiger partial charge in [-0.25, -0.2) is 0 Å². The van der Waals surface area contributed by atoms with Crippen LogP contribution in [-0.4, -0.2) is 23.1 Å². The molecule has 0 saturated heterocycles. The number of fused-ring (bicyclic) bond motifs is 1. The van der Waals surface area contributed by atoms with Gasteiger partial charge >= 0.3 is 0 Å². The average molecular weight is 340 g/mol. The number of carbonyl (C=O) groups excluding carboxylic acids is 1. The molecule has 0 saturated carbocycles. The van der Waals surface area contributed by atoms with Crippen molar-refractivity contribution >= 4 is 39.8 Å². The van der Waals surface area contributed by atoms with Gasteiger partial charge in [-0.3, -0.25) is 15.6 Å². The molecule has 24 heavy (non-hydrogen) atoms. The summed E-state index contributed by atoms with van der Waals surface area (Å²) in [7, 11) is 1.59. The number of anilines is 1. The molecule has 3 aromatic rings. The highest BCUT2D eigenvalue weighted by molar-refractivity contribution is 7.80. The molecular weight excluding hydrogens is 324 g/mol. The van der Waals surface area contributed by atoms with Gasteiger partial charge in [0.25, 0.3) is 5.91 Å². The summed E-state index contributed by atoms with van der Waals surface area (Å²) in [5.74, 6) is 0.438. The van der Waals surface area contributed by atoms with Crippen LogP contribution in [0.4, 0.5) is 5.69 Å². The molecule has 0 bridgehead atoms. The van der Waals surface area contributed by atoms with E-state index in [1.54, 1.807) is 19.4 Å². The van der Waals surface area contributed by atoms with Gasteiger partial charge in [0.05, 0.1) is 12.7 Å². The number of thiocarbonyl (C=S) groups is 1. The summed E-state index contributed by atoms with van der Waals surface area (Å²) in [5.41, 5.74) is 7.47. The van der Waals surface area contributed by atoms with Crippen molar-refractivity contribution in [2.24, 2.45) is 0 Å². The smallest absolute Gasteiger partial charge is 0.271 e. The first kappa shape index (κ1) is 15.8. The summed E-state index contributed by atoms with van der Waals surface area (Å²) in [6, 6.07) is 14.9. The van der Waals surface area contributed by atoms with E-state index in [-0.39, 0.29) is 11.0 Å². The first-order chi connectivity index (χ1) is 11.7. The molecule has 0 fully saturated rings. The first-order valence-corrected chi connectivity index (χ1v) is 7.65. The van der Waals surface area contributed by atoms with Crippen molar-refractivity contribution in [3.63, 3.8) is 0 Å². The summed E-state index contributed by atoms with van der Waals surface area (Å²) < 4.78 is 5.15. The second-order valence-electron chi connectivity index (χ2n) is 5.01. The van der Waals surface area contributed by atoms with Crippen molar-refractivity contribution in [1.82, 2.24) is 15.8 Å². The second-order valence-corrected chi connectivity index (χ2v) is 5.42. The highest BCUT2D eigenvalue weighted by atomic mass is 32.1. The van der Waals surface area contributed by atoms with Gasteiger partial charge in [0.15, 0.2) is 5.11 Å². The maximum Gasteiger partial charge on any atom is 0.271 e. The number of benzene rings is 2. The van der Waals surface area contributed by atoms with Crippen LogP contribution in [0.15, 0.2) is 54.7 Å². The van der Waals surface area contributed by atoms with E-state index >= 15 is 0 Å². The average Bonchev–Trinajstić information content (AvgIpc) is 3.04. The Labute approximate surface area is 144 Å². The lowest BCUT2D eigenvalue weighted by atomic mass is 10.2. The van der Waals surface area contributed by atoms with Crippen LogP contribution < -0.4 is 20.9 Å². The Bertz CT molecular complexity index is 891. The molecule has 1 aromatic heterocycles. The molecule has 0 aliphatic rings. The van der Waals surface area contributed by atoms with Crippen molar-refractivity contribution in [1.29, 1.82) is 0 Å². The number of hydrogen-bond donors (Lipinski definition) is 4. The third-order valence-corrected chi connectivity index (χ3v) is 3.66. The molecule has 0 unspecified atom stereocenters. The number of para-hydroxylation sites is 1. The Morgan fingerprint density at radius 2 is 1.96 bits per heavy atom. The summed E-state index contributed by atoms with van der Waals surface area (Å²) in [5, 5.41) is 4.10. The third kappa shape index (κ3) is 3.47. The molecule has 3 rings (SSSR count). The van der Waals surface area contributed by atoms with Crippen LogP contribution in [0.25, 0.3) is 10.9 Å². The molecule has 6 nitrogen and oxygen atoms in total.